The molecule has 3 rings (SSSR count). The smallest absolute Gasteiger partial charge is 0.342 e. The largest absolute Gasteiger partial charge is 0.477 e. The molecule has 0 bridgehead atoms. The molecule has 21 heavy (non-hydrogen) atoms. The maximum atomic E-state index is 11.9. The molecule has 0 atom stereocenters. The number of hydrogen-bond donors (Lipinski definition) is 2. The standard InChI is InChI=1S/C13H10N4O4/c1-16-6-14-9-3-2-7(4-10(9)16)17-5-8(12(19)20)11(18)15-13(17)21/h2-6H,1H3,(H,19,20)(H,15,18,21). The number of carbonyl (C=O) groups is 1. The Morgan fingerprint density at radius 3 is 2.81 bits per heavy atom. The quantitative estimate of drug-likeness (QED) is 0.694. The van der Waals surface area contributed by atoms with E-state index >= 15 is 0 Å². The van der Waals surface area contributed by atoms with Crippen LogP contribution >= 0.6 is 0 Å². The lowest BCUT2D eigenvalue weighted by Crippen LogP contribution is -2.32. The van der Waals surface area contributed by atoms with E-state index in [2.05, 4.69) is 4.98 Å². The maximum Gasteiger partial charge on any atom is 0.342 e. The van der Waals surface area contributed by atoms with Gasteiger partial charge in [0.15, 0.2) is 0 Å². The van der Waals surface area contributed by atoms with Crippen molar-refractivity contribution >= 4 is 17.0 Å². The lowest BCUT2D eigenvalue weighted by Gasteiger charge is -2.06. The molecule has 106 valence electrons. The lowest BCUT2D eigenvalue weighted by atomic mass is 10.2. The zero-order valence-electron chi connectivity index (χ0n) is 10.9. The molecule has 2 aromatic heterocycles. The summed E-state index contributed by atoms with van der Waals surface area (Å²) in [5, 5.41) is 8.96. The van der Waals surface area contributed by atoms with Gasteiger partial charge in [-0.3, -0.25) is 14.3 Å². The molecular formula is C13H10N4O4. The molecule has 0 radical (unpaired) electrons. The van der Waals surface area contributed by atoms with E-state index in [1.54, 1.807) is 36.1 Å². The van der Waals surface area contributed by atoms with Crippen LogP contribution in [-0.4, -0.2) is 30.2 Å². The van der Waals surface area contributed by atoms with E-state index in [9.17, 15) is 14.4 Å². The SMILES string of the molecule is Cn1cnc2ccc(-n3cc(C(=O)O)c(=O)[nH]c3=O)cc21. The van der Waals surface area contributed by atoms with Gasteiger partial charge in [-0.05, 0) is 18.2 Å². The van der Waals surface area contributed by atoms with Crippen molar-refractivity contribution in [2.24, 2.45) is 7.05 Å². The number of imidazole rings is 1. The van der Waals surface area contributed by atoms with Gasteiger partial charge in [0.1, 0.15) is 5.56 Å². The summed E-state index contributed by atoms with van der Waals surface area (Å²) < 4.78 is 2.85. The Bertz CT molecular complexity index is 980. The van der Waals surface area contributed by atoms with E-state index in [4.69, 9.17) is 5.11 Å². The highest BCUT2D eigenvalue weighted by atomic mass is 16.4. The number of H-pyrrole nitrogens is 1. The number of carboxylic acids is 1. The summed E-state index contributed by atoms with van der Waals surface area (Å²) in [7, 11) is 1.80. The summed E-state index contributed by atoms with van der Waals surface area (Å²) in [5.41, 5.74) is -0.161. The Morgan fingerprint density at radius 1 is 1.33 bits per heavy atom. The molecule has 3 aromatic rings. The topological polar surface area (TPSA) is 110 Å². The van der Waals surface area contributed by atoms with Gasteiger partial charge in [-0.25, -0.2) is 14.6 Å². The number of aromatic carboxylic acids is 1. The summed E-state index contributed by atoms with van der Waals surface area (Å²) in [4.78, 5) is 40.4. The Balaban J connectivity index is 2.29. The Kier molecular flexibility index (Phi) is 2.72. The number of aryl methyl sites for hydroxylation is 1. The predicted molar refractivity (Wildman–Crippen MR) is 73.9 cm³/mol. The first-order valence-corrected chi connectivity index (χ1v) is 5.98. The lowest BCUT2D eigenvalue weighted by molar-refractivity contribution is 0.0694. The van der Waals surface area contributed by atoms with Crippen molar-refractivity contribution in [2.75, 3.05) is 0 Å². The highest BCUT2D eigenvalue weighted by Gasteiger charge is 2.13. The minimum absolute atomic E-state index is 0.440. The van der Waals surface area contributed by atoms with Gasteiger partial charge < -0.3 is 9.67 Å². The fraction of sp³-hybridized carbons (Fsp3) is 0.0769. The number of rotatable bonds is 2. The summed E-state index contributed by atoms with van der Waals surface area (Å²) in [6.45, 7) is 0. The van der Waals surface area contributed by atoms with Crippen molar-refractivity contribution < 1.29 is 9.90 Å². The van der Waals surface area contributed by atoms with Crippen molar-refractivity contribution in [3.05, 3.63) is 57.1 Å². The second-order valence-corrected chi connectivity index (χ2v) is 4.51. The van der Waals surface area contributed by atoms with Crippen LogP contribution in [-0.2, 0) is 7.05 Å². The van der Waals surface area contributed by atoms with Gasteiger partial charge in [0.2, 0.25) is 0 Å². The van der Waals surface area contributed by atoms with Gasteiger partial charge in [0, 0.05) is 13.2 Å². The molecule has 0 amide bonds. The van der Waals surface area contributed by atoms with Crippen LogP contribution in [0, 0.1) is 0 Å². The van der Waals surface area contributed by atoms with E-state index in [1.165, 1.54) is 0 Å². The van der Waals surface area contributed by atoms with Crippen LogP contribution in [0.3, 0.4) is 0 Å². The minimum Gasteiger partial charge on any atom is -0.477 e. The molecule has 0 fully saturated rings. The first-order valence-electron chi connectivity index (χ1n) is 5.98. The van der Waals surface area contributed by atoms with Crippen molar-refractivity contribution in [1.82, 2.24) is 19.1 Å². The van der Waals surface area contributed by atoms with Crippen LogP contribution in [0.2, 0.25) is 0 Å². The van der Waals surface area contributed by atoms with Crippen molar-refractivity contribution in [3.63, 3.8) is 0 Å². The molecule has 0 saturated heterocycles. The number of fused-ring (bicyclic) bond motifs is 1. The van der Waals surface area contributed by atoms with Crippen molar-refractivity contribution in [3.8, 4) is 5.69 Å². The molecule has 1 aromatic carbocycles. The average Bonchev–Trinajstić information content (AvgIpc) is 2.80. The van der Waals surface area contributed by atoms with Crippen molar-refractivity contribution in [2.45, 2.75) is 0 Å². The van der Waals surface area contributed by atoms with Crippen LogP contribution in [0.15, 0.2) is 40.3 Å². The van der Waals surface area contributed by atoms with Crippen LogP contribution in [0.25, 0.3) is 16.7 Å². The summed E-state index contributed by atoms with van der Waals surface area (Å²) in [6.07, 6.45) is 2.65. The number of nitrogens with zero attached hydrogens (tertiary/aromatic N) is 3. The summed E-state index contributed by atoms with van der Waals surface area (Å²) >= 11 is 0. The van der Waals surface area contributed by atoms with Gasteiger partial charge in [-0.15, -0.1) is 0 Å². The summed E-state index contributed by atoms with van der Waals surface area (Å²) in [5.74, 6) is -1.40. The van der Waals surface area contributed by atoms with Crippen LogP contribution < -0.4 is 11.2 Å². The monoisotopic (exact) mass is 286 g/mol. The molecule has 0 saturated carbocycles. The van der Waals surface area contributed by atoms with E-state index in [-0.39, 0.29) is 0 Å². The van der Waals surface area contributed by atoms with Gasteiger partial charge in [0.05, 0.1) is 23.0 Å². The summed E-state index contributed by atoms with van der Waals surface area (Å²) in [6, 6.07) is 5.02. The van der Waals surface area contributed by atoms with Crippen LogP contribution in [0.4, 0.5) is 0 Å². The number of nitrogens with one attached hydrogen (secondary N) is 1. The maximum absolute atomic E-state index is 11.9. The molecule has 8 nitrogen and oxygen atoms in total. The molecule has 0 aliphatic carbocycles. The van der Waals surface area contributed by atoms with Gasteiger partial charge in [-0.2, -0.15) is 0 Å². The first-order chi connectivity index (χ1) is 9.97. The fourth-order valence-corrected chi connectivity index (χ4v) is 2.08. The molecule has 2 N–H and O–H groups in total. The normalized spacial score (nSPS) is 10.9. The molecule has 0 aliphatic heterocycles. The number of aromatic amines is 1. The molecule has 8 heteroatoms. The highest BCUT2D eigenvalue weighted by Crippen LogP contribution is 2.15. The first kappa shape index (κ1) is 12.9. The molecular weight excluding hydrogens is 276 g/mol. The number of benzene rings is 1. The van der Waals surface area contributed by atoms with Crippen LogP contribution in [0.5, 0.6) is 0 Å². The Morgan fingerprint density at radius 2 is 2.10 bits per heavy atom. The Hall–Kier alpha value is -3.16. The van der Waals surface area contributed by atoms with E-state index in [0.717, 1.165) is 21.8 Å². The van der Waals surface area contributed by atoms with E-state index in [1.807, 2.05) is 4.98 Å². The fourth-order valence-electron chi connectivity index (χ4n) is 2.08. The zero-order chi connectivity index (χ0) is 15.1. The van der Waals surface area contributed by atoms with Gasteiger partial charge in [0.25, 0.3) is 5.56 Å². The molecule has 0 unspecified atom stereocenters. The predicted octanol–water partition coefficient (Wildman–Crippen LogP) is 0.111. The van der Waals surface area contributed by atoms with Crippen molar-refractivity contribution in [1.29, 1.82) is 0 Å². The number of carboxylic acid groups (broad SMARTS) is 1. The zero-order valence-corrected chi connectivity index (χ0v) is 10.9. The van der Waals surface area contributed by atoms with Gasteiger partial charge >= 0.3 is 11.7 Å². The van der Waals surface area contributed by atoms with E-state index in [0.29, 0.717) is 5.69 Å². The third-order valence-electron chi connectivity index (χ3n) is 3.16. The third-order valence-corrected chi connectivity index (χ3v) is 3.16. The minimum atomic E-state index is -1.40. The average molecular weight is 286 g/mol. The number of hydrogen-bond acceptors (Lipinski definition) is 4. The second kappa shape index (κ2) is 4.44. The second-order valence-electron chi connectivity index (χ2n) is 4.51. The molecule has 0 spiro atoms. The van der Waals surface area contributed by atoms with Gasteiger partial charge in [-0.1, -0.05) is 0 Å². The highest BCUT2D eigenvalue weighted by molar-refractivity contribution is 5.86. The van der Waals surface area contributed by atoms with Crippen LogP contribution in [0.1, 0.15) is 10.4 Å². The molecule has 2 heterocycles. The molecule has 0 aliphatic rings. The van der Waals surface area contributed by atoms with E-state index < -0.39 is 22.8 Å². The third kappa shape index (κ3) is 2.02. The Labute approximate surface area is 116 Å². The number of aromatic nitrogens is 4.